The second kappa shape index (κ2) is 5.76. The molecule has 0 unspecified atom stereocenters. The highest BCUT2D eigenvalue weighted by atomic mass is 16.6. The first kappa shape index (κ1) is 13.6. The number of nitrogens with zero attached hydrogens (tertiary/aromatic N) is 1. The first-order chi connectivity index (χ1) is 8.40. The van der Waals surface area contributed by atoms with Crippen LogP contribution in [0.25, 0.3) is 0 Å². The van der Waals surface area contributed by atoms with Gasteiger partial charge < -0.3 is 10.2 Å². The summed E-state index contributed by atoms with van der Waals surface area (Å²) in [6, 6.07) is 5.37. The summed E-state index contributed by atoms with van der Waals surface area (Å²) in [4.78, 5) is 31.2. The van der Waals surface area contributed by atoms with Crippen LogP contribution < -0.4 is 0 Å². The Labute approximate surface area is 102 Å². The second-order valence-electron chi connectivity index (χ2n) is 3.76. The van der Waals surface area contributed by atoms with Gasteiger partial charge in [0, 0.05) is 12.1 Å². The topological polar surface area (TPSA) is 118 Å². The van der Waals surface area contributed by atoms with Crippen LogP contribution in [-0.4, -0.2) is 27.1 Å². The van der Waals surface area contributed by atoms with E-state index >= 15 is 0 Å². The predicted octanol–water partition coefficient (Wildman–Crippen LogP) is 1.31. The minimum Gasteiger partial charge on any atom is -0.481 e. The molecule has 0 heterocycles. The third-order valence-corrected chi connectivity index (χ3v) is 2.40. The molecule has 96 valence electrons. The highest BCUT2D eigenvalue weighted by Gasteiger charge is 2.21. The van der Waals surface area contributed by atoms with Crippen LogP contribution in [-0.2, 0) is 16.0 Å². The first-order valence-electron chi connectivity index (χ1n) is 5.08. The van der Waals surface area contributed by atoms with Crippen LogP contribution in [0.3, 0.4) is 0 Å². The first-order valence-corrected chi connectivity index (χ1v) is 5.08. The van der Waals surface area contributed by atoms with Gasteiger partial charge in [0.1, 0.15) is 0 Å². The third-order valence-electron chi connectivity index (χ3n) is 2.40. The maximum atomic E-state index is 10.8. The van der Waals surface area contributed by atoms with Crippen LogP contribution in [0.1, 0.15) is 12.0 Å². The molecule has 1 rings (SSSR count). The van der Waals surface area contributed by atoms with Crippen LogP contribution in [0.5, 0.6) is 0 Å². The van der Waals surface area contributed by atoms with Gasteiger partial charge >= 0.3 is 11.9 Å². The summed E-state index contributed by atoms with van der Waals surface area (Å²) >= 11 is 0. The molecule has 0 fully saturated rings. The summed E-state index contributed by atoms with van der Waals surface area (Å²) < 4.78 is 0. The smallest absolute Gasteiger partial charge is 0.307 e. The van der Waals surface area contributed by atoms with E-state index in [4.69, 9.17) is 10.2 Å². The van der Waals surface area contributed by atoms with Crippen LogP contribution in [0.2, 0.25) is 0 Å². The van der Waals surface area contributed by atoms with Gasteiger partial charge in [-0.2, -0.15) is 0 Å². The Bertz CT molecular complexity index is 467. The maximum Gasteiger partial charge on any atom is 0.307 e. The lowest BCUT2D eigenvalue weighted by molar-refractivity contribution is -0.384. The molecule has 18 heavy (non-hydrogen) atoms. The van der Waals surface area contributed by atoms with E-state index in [2.05, 4.69) is 0 Å². The number of non-ortho nitro benzene ring substituents is 1. The van der Waals surface area contributed by atoms with Crippen molar-refractivity contribution in [2.45, 2.75) is 12.8 Å². The normalized spacial score (nSPS) is 11.8. The molecule has 0 saturated carbocycles. The molecule has 0 amide bonds. The molecule has 1 aromatic carbocycles. The molecule has 0 saturated heterocycles. The van der Waals surface area contributed by atoms with Crippen molar-refractivity contribution < 1.29 is 24.7 Å². The Morgan fingerprint density at radius 1 is 1.22 bits per heavy atom. The lowest BCUT2D eigenvalue weighted by Crippen LogP contribution is -2.20. The lowest BCUT2D eigenvalue weighted by atomic mass is 9.96. The van der Waals surface area contributed by atoms with Crippen LogP contribution in [0.4, 0.5) is 5.69 Å². The number of benzene rings is 1. The number of aliphatic carboxylic acids is 2. The van der Waals surface area contributed by atoms with Gasteiger partial charge in [0.05, 0.1) is 17.3 Å². The number of rotatable bonds is 6. The van der Waals surface area contributed by atoms with Crippen molar-refractivity contribution in [2.75, 3.05) is 0 Å². The van der Waals surface area contributed by atoms with Crippen molar-refractivity contribution in [1.82, 2.24) is 0 Å². The Hall–Kier alpha value is -2.44. The van der Waals surface area contributed by atoms with E-state index < -0.39 is 29.2 Å². The number of nitro groups is 1. The van der Waals surface area contributed by atoms with Gasteiger partial charge in [0.2, 0.25) is 0 Å². The molecule has 0 aliphatic heterocycles. The van der Waals surface area contributed by atoms with E-state index in [1.54, 1.807) is 0 Å². The average Bonchev–Trinajstić information content (AvgIpc) is 2.28. The summed E-state index contributed by atoms with van der Waals surface area (Å²) in [7, 11) is 0. The Morgan fingerprint density at radius 2 is 1.78 bits per heavy atom. The van der Waals surface area contributed by atoms with E-state index in [9.17, 15) is 19.7 Å². The highest BCUT2D eigenvalue weighted by Crippen LogP contribution is 2.17. The standard InChI is InChI=1S/C11H11NO6/c13-10(14)6-8(11(15)16)5-7-1-3-9(4-2-7)12(17)18/h1-4,8H,5-6H2,(H,13,14)(H,15,16)/t8-/m1/s1. The second-order valence-corrected chi connectivity index (χ2v) is 3.76. The Morgan fingerprint density at radius 3 is 2.17 bits per heavy atom. The Balaban J connectivity index is 2.78. The summed E-state index contributed by atoms with van der Waals surface area (Å²) in [6.45, 7) is 0. The zero-order chi connectivity index (χ0) is 13.7. The fourth-order valence-electron chi connectivity index (χ4n) is 1.50. The number of hydrogen-bond donors (Lipinski definition) is 2. The van der Waals surface area contributed by atoms with E-state index in [1.165, 1.54) is 24.3 Å². The third kappa shape index (κ3) is 3.85. The number of carbonyl (C=O) groups is 2. The molecule has 7 nitrogen and oxygen atoms in total. The summed E-state index contributed by atoms with van der Waals surface area (Å²) in [5, 5.41) is 27.9. The minimum atomic E-state index is -1.20. The van der Waals surface area contributed by atoms with Gasteiger partial charge in [-0.15, -0.1) is 0 Å². The molecule has 0 aliphatic carbocycles. The molecule has 1 aromatic rings. The molecule has 0 aliphatic rings. The fourth-order valence-corrected chi connectivity index (χ4v) is 1.50. The van der Waals surface area contributed by atoms with Crippen molar-refractivity contribution >= 4 is 17.6 Å². The number of carboxylic acid groups (broad SMARTS) is 2. The lowest BCUT2D eigenvalue weighted by Gasteiger charge is -2.09. The minimum absolute atomic E-state index is 0.0274. The summed E-state index contributed by atoms with van der Waals surface area (Å²) in [5.41, 5.74) is 0.457. The average molecular weight is 253 g/mol. The van der Waals surface area contributed by atoms with Crippen molar-refractivity contribution in [2.24, 2.45) is 5.92 Å². The van der Waals surface area contributed by atoms with Gasteiger partial charge in [-0.05, 0) is 12.0 Å². The molecule has 0 bridgehead atoms. The quantitative estimate of drug-likeness (QED) is 0.583. The molecule has 0 spiro atoms. The monoisotopic (exact) mass is 253 g/mol. The van der Waals surface area contributed by atoms with Gasteiger partial charge in [-0.25, -0.2) is 0 Å². The predicted molar refractivity (Wildman–Crippen MR) is 60.2 cm³/mol. The van der Waals surface area contributed by atoms with Gasteiger partial charge in [-0.3, -0.25) is 19.7 Å². The van der Waals surface area contributed by atoms with Gasteiger partial charge in [0.15, 0.2) is 0 Å². The van der Waals surface area contributed by atoms with Crippen molar-refractivity contribution in [3.8, 4) is 0 Å². The van der Waals surface area contributed by atoms with Crippen molar-refractivity contribution in [1.29, 1.82) is 0 Å². The van der Waals surface area contributed by atoms with Crippen molar-refractivity contribution in [3.05, 3.63) is 39.9 Å². The van der Waals surface area contributed by atoms with E-state index in [1.807, 2.05) is 0 Å². The van der Waals surface area contributed by atoms with E-state index in [-0.39, 0.29) is 12.1 Å². The fraction of sp³-hybridized carbons (Fsp3) is 0.273. The largest absolute Gasteiger partial charge is 0.481 e. The molecule has 2 N–H and O–H groups in total. The van der Waals surface area contributed by atoms with Crippen LogP contribution in [0.15, 0.2) is 24.3 Å². The zero-order valence-electron chi connectivity index (χ0n) is 9.28. The molecule has 1 atom stereocenters. The number of nitro benzene ring substituents is 1. The molecular weight excluding hydrogens is 242 g/mol. The number of carboxylic acids is 2. The van der Waals surface area contributed by atoms with Crippen LogP contribution >= 0.6 is 0 Å². The molecular formula is C11H11NO6. The number of hydrogen-bond acceptors (Lipinski definition) is 4. The van der Waals surface area contributed by atoms with Crippen LogP contribution in [0, 0.1) is 16.0 Å². The van der Waals surface area contributed by atoms with E-state index in [0.717, 1.165) is 0 Å². The van der Waals surface area contributed by atoms with E-state index in [0.29, 0.717) is 5.56 Å². The SMILES string of the molecule is O=C(O)C[C@@H](Cc1ccc([N+](=O)[O-])cc1)C(=O)O. The zero-order valence-corrected chi connectivity index (χ0v) is 9.28. The summed E-state index contributed by atoms with van der Waals surface area (Å²) in [6.07, 6.45) is -0.452. The van der Waals surface area contributed by atoms with Gasteiger partial charge in [-0.1, -0.05) is 12.1 Å². The molecule has 0 aromatic heterocycles. The molecule has 7 heteroatoms. The van der Waals surface area contributed by atoms with Crippen molar-refractivity contribution in [3.63, 3.8) is 0 Å². The van der Waals surface area contributed by atoms with Gasteiger partial charge in [0.25, 0.3) is 5.69 Å². The molecule has 0 radical (unpaired) electrons. The highest BCUT2D eigenvalue weighted by molar-refractivity contribution is 5.78. The maximum absolute atomic E-state index is 10.8. The summed E-state index contributed by atoms with van der Waals surface area (Å²) in [5.74, 6) is -3.43. The Kier molecular flexibility index (Phi) is 4.36.